The molecule has 2 N–H and O–H groups in total. The van der Waals surface area contributed by atoms with Gasteiger partial charge in [-0.15, -0.1) is 0 Å². The van der Waals surface area contributed by atoms with Gasteiger partial charge in [0.2, 0.25) is 0 Å². The fraction of sp³-hybridized carbons (Fsp3) is 0.167. The number of hydrogen-bond acceptors (Lipinski definition) is 3. The summed E-state index contributed by atoms with van der Waals surface area (Å²) in [6, 6.07) is 10.4. The number of ether oxygens (including phenoxy) is 1. The van der Waals surface area contributed by atoms with Gasteiger partial charge in [-0.25, -0.2) is 8.78 Å². The fourth-order valence-corrected chi connectivity index (χ4v) is 2.44. The van der Waals surface area contributed by atoms with E-state index < -0.39 is 11.6 Å². The van der Waals surface area contributed by atoms with Crippen LogP contribution < -0.4 is 15.6 Å². The van der Waals surface area contributed by atoms with Crippen molar-refractivity contribution in [2.75, 3.05) is 11.9 Å². The molecule has 0 aliphatic rings. The maximum atomic E-state index is 13.6. The smallest absolute Gasteiger partial charge is 0.253 e. The van der Waals surface area contributed by atoms with Gasteiger partial charge in [0.15, 0.2) is 0 Å². The van der Waals surface area contributed by atoms with E-state index in [0.29, 0.717) is 23.4 Å². The van der Waals surface area contributed by atoms with Crippen molar-refractivity contribution >= 4 is 16.6 Å². The van der Waals surface area contributed by atoms with E-state index in [1.54, 1.807) is 12.1 Å². The average molecular weight is 330 g/mol. The third-order valence-electron chi connectivity index (χ3n) is 3.61. The highest BCUT2D eigenvalue weighted by atomic mass is 19.1. The number of nitrogens with one attached hydrogen (secondary N) is 2. The largest absolute Gasteiger partial charge is 0.494 e. The summed E-state index contributed by atoms with van der Waals surface area (Å²) in [5.74, 6) is -0.666. The summed E-state index contributed by atoms with van der Waals surface area (Å²) in [5.41, 5.74) is 0.992. The molecule has 0 aliphatic carbocycles. The Balaban J connectivity index is 1.85. The predicted octanol–water partition coefficient (Wildman–Crippen LogP) is 3.82. The zero-order valence-electron chi connectivity index (χ0n) is 13.0. The first-order chi connectivity index (χ1) is 11.6. The molecule has 0 aliphatic heterocycles. The molecule has 2 aromatic carbocycles. The van der Waals surface area contributed by atoms with E-state index >= 15 is 0 Å². The van der Waals surface area contributed by atoms with Crippen molar-refractivity contribution in [3.05, 3.63) is 70.0 Å². The normalized spacial score (nSPS) is 10.8. The molecule has 0 radical (unpaired) electrons. The van der Waals surface area contributed by atoms with E-state index in [0.717, 1.165) is 17.5 Å². The number of pyridine rings is 1. The van der Waals surface area contributed by atoms with Gasteiger partial charge in [-0.05, 0) is 42.6 Å². The summed E-state index contributed by atoms with van der Waals surface area (Å²) in [6.07, 6.45) is 0. The van der Waals surface area contributed by atoms with Crippen molar-refractivity contribution < 1.29 is 13.5 Å². The van der Waals surface area contributed by atoms with E-state index in [-0.39, 0.29) is 17.8 Å². The minimum absolute atomic E-state index is 0.126. The molecular weight excluding hydrogens is 314 g/mol. The van der Waals surface area contributed by atoms with E-state index in [9.17, 15) is 13.6 Å². The molecule has 0 fully saturated rings. The lowest BCUT2D eigenvalue weighted by Crippen LogP contribution is -2.16. The van der Waals surface area contributed by atoms with E-state index in [2.05, 4.69) is 10.3 Å². The van der Waals surface area contributed by atoms with Crippen molar-refractivity contribution in [2.45, 2.75) is 13.5 Å². The van der Waals surface area contributed by atoms with Gasteiger partial charge in [-0.3, -0.25) is 4.79 Å². The number of benzene rings is 2. The fourth-order valence-electron chi connectivity index (χ4n) is 2.44. The Bertz CT molecular complexity index is 938. The van der Waals surface area contributed by atoms with Gasteiger partial charge in [0, 0.05) is 24.2 Å². The minimum atomic E-state index is -0.700. The van der Waals surface area contributed by atoms with Crippen LogP contribution in [0.3, 0.4) is 0 Å². The molecule has 0 saturated heterocycles. The molecule has 0 atom stereocenters. The van der Waals surface area contributed by atoms with Crippen LogP contribution in [0.1, 0.15) is 12.5 Å². The first kappa shape index (κ1) is 16.0. The van der Waals surface area contributed by atoms with Gasteiger partial charge < -0.3 is 15.0 Å². The van der Waals surface area contributed by atoms with Crippen molar-refractivity contribution in [1.29, 1.82) is 0 Å². The molecule has 1 heterocycles. The van der Waals surface area contributed by atoms with Crippen LogP contribution in [0.25, 0.3) is 10.9 Å². The zero-order chi connectivity index (χ0) is 17.1. The number of aromatic amines is 1. The summed E-state index contributed by atoms with van der Waals surface area (Å²) in [4.78, 5) is 15.0. The summed E-state index contributed by atoms with van der Waals surface area (Å²) >= 11 is 0. The number of H-pyrrole nitrogens is 1. The Labute approximate surface area is 137 Å². The quantitative estimate of drug-likeness (QED) is 0.748. The van der Waals surface area contributed by atoms with Crippen LogP contribution in [-0.4, -0.2) is 11.6 Å². The molecule has 3 aromatic rings. The average Bonchev–Trinajstić information content (AvgIpc) is 2.54. The van der Waals surface area contributed by atoms with Gasteiger partial charge in [0.05, 0.1) is 17.8 Å². The molecule has 3 rings (SSSR count). The molecule has 0 bridgehead atoms. The second kappa shape index (κ2) is 6.70. The summed E-state index contributed by atoms with van der Waals surface area (Å²) in [7, 11) is 0. The Morgan fingerprint density at radius 3 is 2.71 bits per heavy atom. The number of hydrogen-bond donors (Lipinski definition) is 2. The third kappa shape index (κ3) is 3.37. The number of anilines is 1. The molecule has 0 unspecified atom stereocenters. The number of fused-ring (bicyclic) bond motifs is 1. The van der Waals surface area contributed by atoms with Crippen LogP contribution in [0, 0.1) is 11.6 Å². The van der Waals surface area contributed by atoms with Gasteiger partial charge >= 0.3 is 0 Å². The highest BCUT2D eigenvalue weighted by Crippen LogP contribution is 2.20. The van der Waals surface area contributed by atoms with Gasteiger partial charge in [-0.2, -0.15) is 0 Å². The van der Waals surface area contributed by atoms with E-state index in [1.165, 1.54) is 6.07 Å². The molecule has 24 heavy (non-hydrogen) atoms. The molecule has 0 spiro atoms. The molecule has 4 nitrogen and oxygen atoms in total. The van der Waals surface area contributed by atoms with Crippen LogP contribution in [0.5, 0.6) is 5.75 Å². The minimum Gasteiger partial charge on any atom is -0.494 e. The van der Waals surface area contributed by atoms with Crippen LogP contribution >= 0.6 is 0 Å². The maximum absolute atomic E-state index is 13.6. The summed E-state index contributed by atoms with van der Waals surface area (Å²) in [5, 5.41) is 3.65. The summed E-state index contributed by atoms with van der Waals surface area (Å²) in [6.45, 7) is 2.55. The highest BCUT2D eigenvalue weighted by molar-refractivity contribution is 5.80. The Hall–Kier alpha value is -2.89. The molecule has 6 heteroatoms. The zero-order valence-corrected chi connectivity index (χ0v) is 13.0. The van der Waals surface area contributed by atoms with Crippen molar-refractivity contribution in [3.8, 4) is 5.75 Å². The molecule has 124 valence electrons. The third-order valence-corrected chi connectivity index (χ3v) is 3.61. The first-order valence-corrected chi connectivity index (χ1v) is 7.54. The van der Waals surface area contributed by atoms with Gasteiger partial charge in [-0.1, -0.05) is 0 Å². The summed E-state index contributed by atoms with van der Waals surface area (Å²) < 4.78 is 31.9. The predicted molar refractivity (Wildman–Crippen MR) is 89.4 cm³/mol. The maximum Gasteiger partial charge on any atom is 0.253 e. The van der Waals surface area contributed by atoms with Crippen LogP contribution in [0.15, 0.2) is 47.3 Å². The van der Waals surface area contributed by atoms with E-state index in [4.69, 9.17) is 4.74 Å². The Morgan fingerprint density at radius 2 is 1.96 bits per heavy atom. The second-order valence-electron chi connectivity index (χ2n) is 5.28. The van der Waals surface area contributed by atoms with Crippen molar-refractivity contribution in [1.82, 2.24) is 4.98 Å². The Kier molecular flexibility index (Phi) is 4.46. The van der Waals surface area contributed by atoms with Crippen molar-refractivity contribution in [2.24, 2.45) is 0 Å². The topological polar surface area (TPSA) is 54.1 Å². The van der Waals surface area contributed by atoms with Gasteiger partial charge in [0.25, 0.3) is 5.56 Å². The standard InChI is InChI=1S/C18H16F2N2O2/c1-2-24-14-5-3-11-7-12(18(23)22-17(11)9-14)10-21-16-6-4-13(19)8-15(16)20/h3-9,21H,2,10H2,1H3,(H,22,23). The SMILES string of the molecule is CCOc1ccc2cc(CNc3ccc(F)cc3F)c(=O)[nH]c2c1. The number of halogens is 2. The monoisotopic (exact) mass is 330 g/mol. The molecule has 0 amide bonds. The lowest BCUT2D eigenvalue weighted by molar-refractivity contribution is 0.340. The highest BCUT2D eigenvalue weighted by Gasteiger charge is 2.07. The van der Waals surface area contributed by atoms with Crippen LogP contribution in [-0.2, 0) is 6.54 Å². The molecule has 0 saturated carbocycles. The number of aromatic nitrogens is 1. The van der Waals surface area contributed by atoms with Crippen LogP contribution in [0.4, 0.5) is 14.5 Å². The van der Waals surface area contributed by atoms with Crippen molar-refractivity contribution in [3.63, 3.8) is 0 Å². The van der Waals surface area contributed by atoms with Crippen LogP contribution in [0.2, 0.25) is 0 Å². The first-order valence-electron chi connectivity index (χ1n) is 7.54. The number of rotatable bonds is 5. The molecular formula is C18H16F2N2O2. The van der Waals surface area contributed by atoms with E-state index in [1.807, 2.05) is 19.1 Å². The second-order valence-corrected chi connectivity index (χ2v) is 5.28. The lowest BCUT2D eigenvalue weighted by Gasteiger charge is -2.09. The molecule has 1 aromatic heterocycles. The lowest BCUT2D eigenvalue weighted by atomic mass is 10.1. The Morgan fingerprint density at radius 1 is 1.12 bits per heavy atom. The van der Waals surface area contributed by atoms with Gasteiger partial charge in [0.1, 0.15) is 17.4 Å².